The van der Waals surface area contributed by atoms with Crippen molar-refractivity contribution in [1.82, 2.24) is 5.32 Å². The van der Waals surface area contributed by atoms with Crippen LogP contribution in [0.1, 0.15) is 11.1 Å². The van der Waals surface area contributed by atoms with Gasteiger partial charge in [-0.25, -0.2) is 8.42 Å². The van der Waals surface area contributed by atoms with Crippen LogP contribution in [-0.4, -0.2) is 20.9 Å². The molecule has 0 heterocycles. The van der Waals surface area contributed by atoms with E-state index in [0.717, 1.165) is 11.1 Å². The molecule has 0 aliphatic carbocycles. The molecule has 0 saturated carbocycles. The lowest BCUT2D eigenvalue weighted by Crippen LogP contribution is -2.29. The quantitative estimate of drug-likeness (QED) is 0.473. The van der Waals surface area contributed by atoms with Crippen LogP contribution >= 0.6 is 27.5 Å². The molecule has 0 aromatic heterocycles. The summed E-state index contributed by atoms with van der Waals surface area (Å²) in [4.78, 5) is 12.5. The molecule has 0 spiro atoms. The molecule has 0 radical (unpaired) electrons. The van der Waals surface area contributed by atoms with E-state index < -0.39 is 9.84 Å². The molecule has 0 bridgehead atoms. The normalized spacial score (nSPS) is 11.2. The molecule has 0 aliphatic rings. The molecule has 3 aromatic carbocycles. The van der Waals surface area contributed by atoms with Gasteiger partial charge in [0.1, 0.15) is 0 Å². The third-order valence-electron chi connectivity index (χ3n) is 4.44. The van der Waals surface area contributed by atoms with Gasteiger partial charge < -0.3 is 10.6 Å². The highest BCUT2D eigenvalue weighted by Crippen LogP contribution is 2.30. The number of aryl methyl sites for hydroxylation is 1. The highest BCUT2D eigenvalue weighted by molar-refractivity contribution is 9.10. The van der Waals surface area contributed by atoms with E-state index >= 15 is 0 Å². The van der Waals surface area contributed by atoms with Crippen molar-refractivity contribution in [2.75, 3.05) is 11.9 Å². The van der Waals surface area contributed by atoms with E-state index in [9.17, 15) is 13.2 Å². The average Bonchev–Trinajstić information content (AvgIpc) is 2.72. The van der Waals surface area contributed by atoms with Gasteiger partial charge in [0.15, 0.2) is 0 Å². The maximum absolute atomic E-state index is 13.1. The van der Waals surface area contributed by atoms with E-state index in [1.165, 1.54) is 6.07 Å². The second kappa shape index (κ2) is 9.64. The van der Waals surface area contributed by atoms with Crippen LogP contribution < -0.4 is 10.6 Å². The molecule has 0 saturated heterocycles. The SMILES string of the molecule is Cc1ccc(S(=O)(=O)c2cc(Br)ccc2NCC(=O)NCc2ccccc2Cl)cc1. The first kappa shape index (κ1) is 22.3. The minimum atomic E-state index is -3.76. The lowest BCUT2D eigenvalue weighted by Gasteiger charge is -2.14. The fourth-order valence-electron chi connectivity index (χ4n) is 2.78. The summed E-state index contributed by atoms with van der Waals surface area (Å²) in [7, 11) is -3.76. The first-order valence-electron chi connectivity index (χ1n) is 9.12. The zero-order chi connectivity index (χ0) is 21.7. The Morgan fingerprint density at radius 3 is 2.43 bits per heavy atom. The van der Waals surface area contributed by atoms with Gasteiger partial charge in [0.25, 0.3) is 0 Å². The number of hydrogen-bond donors (Lipinski definition) is 2. The van der Waals surface area contributed by atoms with Gasteiger partial charge in [-0.2, -0.15) is 0 Å². The molecular weight excluding hydrogens is 488 g/mol. The first-order valence-corrected chi connectivity index (χ1v) is 11.8. The first-order chi connectivity index (χ1) is 14.3. The molecule has 30 heavy (non-hydrogen) atoms. The van der Waals surface area contributed by atoms with Crippen molar-refractivity contribution < 1.29 is 13.2 Å². The number of sulfone groups is 1. The highest BCUT2D eigenvalue weighted by atomic mass is 79.9. The predicted molar refractivity (Wildman–Crippen MR) is 123 cm³/mol. The van der Waals surface area contributed by atoms with Crippen LogP contribution in [0.5, 0.6) is 0 Å². The number of amides is 1. The summed E-state index contributed by atoms with van der Waals surface area (Å²) in [6.45, 7) is 2.10. The molecule has 0 aliphatic heterocycles. The molecular formula is C22H20BrClN2O3S. The zero-order valence-electron chi connectivity index (χ0n) is 16.2. The van der Waals surface area contributed by atoms with Gasteiger partial charge in [-0.15, -0.1) is 0 Å². The number of carbonyl (C=O) groups is 1. The average molecular weight is 508 g/mol. The molecule has 3 aromatic rings. The summed E-state index contributed by atoms with van der Waals surface area (Å²) in [6, 6.07) is 18.8. The highest BCUT2D eigenvalue weighted by Gasteiger charge is 2.22. The Kier molecular flexibility index (Phi) is 7.18. The fraction of sp³-hybridized carbons (Fsp3) is 0.136. The third kappa shape index (κ3) is 5.41. The molecule has 0 unspecified atom stereocenters. The summed E-state index contributed by atoms with van der Waals surface area (Å²) in [6.07, 6.45) is 0. The Labute approximate surface area is 189 Å². The Morgan fingerprint density at radius 2 is 1.73 bits per heavy atom. The minimum absolute atomic E-state index is 0.0809. The van der Waals surface area contributed by atoms with Gasteiger partial charge in [0, 0.05) is 16.0 Å². The molecule has 156 valence electrons. The number of nitrogens with one attached hydrogen (secondary N) is 2. The second-order valence-corrected chi connectivity index (χ2v) is 9.92. The summed E-state index contributed by atoms with van der Waals surface area (Å²) in [5.74, 6) is -0.281. The van der Waals surface area contributed by atoms with E-state index in [4.69, 9.17) is 11.6 Å². The fourth-order valence-corrected chi connectivity index (χ4v) is 4.96. The second-order valence-electron chi connectivity index (χ2n) is 6.68. The van der Waals surface area contributed by atoms with Crippen molar-refractivity contribution >= 4 is 49.0 Å². The molecule has 2 N–H and O–H groups in total. The van der Waals surface area contributed by atoms with Crippen molar-refractivity contribution in [2.45, 2.75) is 23.3 Å². The molecule has 1 amide bonds. The Hall–Kier alpha value is -2.35. The Balaban J connectivity index is 1.75. The van der Waals surface area contributed by atoms with Crippen molar-refractivity contribution in [3.63, 3.8) is 0 Å². The van der Waals surface area contributed by atoms with E-state index in [1.54, 1.807) is 42.5 Å². The van der Waals surface area contributed by atoms with E-state index in [2.05, 4.69) is 26.6 Å². The number of benzene rings is 3. The molecule has 3 rings (SSSR count). The zero-order valence-corrected chi connectivity index (χ0v) is 19.3. The molecule has 5 nitrogen and oxygen atoms in total. The van der Waals surface area contributed by atoms with Crippen molar-refractivity contribution in [3.05, 3.63) is 87.4 Å². The van der Waals surface area contributed by atoms with Crippen LogP contribution in [0.4, 0.5) is 5.69 Å². The maximum atomic E-state index is 13.1. The van der Waals surface area contributed by atoms with E-state index in [1.807, 2.05) is 25.1 Å². The van der Waals surface area contributed by atoms with Crippen LogP contribution in [0.3, 0.4) is 0 Å². The van der Waals surface area contributed by atoms with Gasteiger partial charge in [0.2, 0.25) is 15.7 Å². The van der Waals surface area contributed by atoms with Gasteiger partial charge in [-0.1, -0.05) is 63.4 Å². The predicted octanol–water partition coefficient (Wildman–Crippen LogP) is 4.97. The lowest BCUT2D eigenvalue weighted by atomic mass is 10.2. The summed E-state index contributed by atoms with van der Waals surface area (Å²) < 4.78 is 26.9. The van der Waals surface area contributed by atoms with Crippen molar-refractivity contribution in [3.8, 4) is 0 Å². The largest absolute Gasteiger partial charge is 0.375 e. The van der Waals surface area contributed by atoms with Crippen LogP contribution in [0, 0.1) is 6.92 Å². The van der Waals surface area contributed by atoms with Crippen molar-refractivity contribution in [1.29, 1.82) is 0 Å². The van der Waals surface area contributed by atoms with Crippen LogP contribution in [0.25, 0.3) is 0 Å². The monoisotopic (exact) mass is 506 g/mol. The minimum Gasteiger partial charge on any atom is -0.375 e. The Morgan fingerprint density at radius 1 is 1.03 bits per heavy atom. The lowest BCUT2D eigenvalue weighted by molar-refractivity contribution is -0.119. The number of anilines is 1. The summed E-state index contributed by atoms with van der Waals surface area (Å²) in [5.41, 5.74) is 2.13. The topological polar surface area (TPSA) is 75.3 Å². The number of hydrogen-bond acceptors (Lipinski definition) is 4. The number of rotatable bonds is 7. The van der Waals surface area contributed by atoms with E-state index in [-0.39, 0.29) is 28.8 Å². The van der Waals surface area contributed by atoms with Crippen LogP contribution in [0.15, 0.2) is 81.0 Å². The maximum Gasteiger partial charge on any atom is 0.239 e. The van der Waals surface area contributed by atoms with Crippen LogP contribution in [0.2, 0.25) is 5.02 Å². The molecule has 0 atom stereocenters. The Bertz CT molecular complexity index is 1170. The van der Waals surface area contributed by atoms with Gasteiger partial charge in [0.05, 0.1) is 22.0 Å². The third-order valence-corrected chi connectivity index (χ3v) is 7.11. The van der Waals surface area contributed by atoms with Gasteiger partial charge >= 0.3 is 0 Å². The van der Waals surface area contributed by atoms with Gasteiger partial charge in [-0.05, 0) is 48.9 Å². The molecule has 8 heteroatoms. The number of halogens is 2. The van der Waals surface area contributed by atoms with E-state index in [0.29, 0.717) is 15.2 Å². The summed E-state index contributed by atoms with van der Waals surface area (Å²) in [5, 5.41) is 6.28. The molecule has 0 fully saturated rings. The number of carbonyl (C=O) groups excluding carboxylic acids is 1. The van der Waals surface area contributed by atoms with Crippen molar-refractivity contribution in [2.24, 2.45) is 0 Å². The summed E-state index contributed by atoms with van der Waals surface area (Å²) >= 11 is 9.42. The standard InChI is InChI=1S/C22H20BrClN2O3S/c1-15-6-9-18(10-7-15)30(28,29)21-12-17(23)8-11-20(21)25-14-22(27)26-13-16-4-2-3-5-19(16)24/h2-12,25H,13-14H2,1H3,(H,26,27). The smallest absolute Gasteiger partial charge is 0.239 e. The van der Waals surface area contributed by atoms with Gasteiger partial charge in [-0.3, -0.25) is 4.79 Å². The van der Waals surface area contributed by atoms with Crippen LogP contribution in [-0.2, 0) is 21.2 Å².